The molecular weight excluding hydrogens is 324 g/mol. The number of aromatic nitrogens is 5. The van der Waals surface area contributed by atoms with Crippen LogP contribution in [0.2, 0.25) is 0 Å². The van der Waals surface area contributed by atoms with Crippen LogP contribution in [0.25, 0.3) is 16.2 Å². The second kappa shape index (κ2) is 5.89. The molecule has 0 fully saturated rings. The summed E-state index contributed by atoms with van der Waals surface area (Å²) in [5, 5.41) is 17.7. The Bertz CT molecular complexity index is 991. The molecule has 3 heterocycles. The van der Waals surface area contributed by atoms with Crippen molar-refractivity contribution < 1.29 is 4.74 Å². The highest BCUT2D eigenvalue weighted by Crippen LogP contribution is 2.28. The van der Waals surface area contributed by atoms with Crippen LogP contribution < -0.4 is 10.1 Å². The number of rotatable bonds is 4. The monoisotopic (exact) mass is 338 g/mol. The summed E-state index contributed by atoms with van der Waals surface area (Å²) in [6.07, 6.45) is 0. The van der Waals surface area contributed by atoms with Crippen molar-refractivity contribution in [2.75, 3.05) is 12.4 Å². The number of ether oxygens (including phenoxy) is 1. The Balaban J connectivity index is 1.69. The molecule has 1 N–H and O–H groups in total. The van der Waals surface area contributed by atoms with Gasteiger partial charge in [0, 0.05) is 10.9 Å². The number of anilines is 2. The maximum Gasteiger partial charge on any atom is 0.249 e. The molecule has 0 spiro atoms. The lowest BCUT2D eigenvalue weighted by molar-refractivity contribution is 0.415. The van der Waals surface area contributed by atoms with Gasteiger partial charge in [0.25, 0.3) is 0 Å². The summed E-state index contributed by atoms with van der Waals surface area (Å²) in [4.78, 5) is 5.28. The standard InChI is InChI=1S/C16H14N6OS/c1-10-6-7-14(20-19-10)17-15-18-16-22(21-15)13(9-24-16)11-4-3-5-12(8-11)23-2/h3-9H,1-2H3,(H,17,20,21). The minimum absolute atomic E-state index is 0.490. The summed E-state index contributed by atoms with van der Waals surface area (Å²) in [5.41, 5.74) is 2.84. The molecule has 0 atom stereocenters. The molecule has 7 nitrogen and oxygen atoms in total. The average Bonchev–Trinajstić information content (AvgIpc) is 3.17. The van der Waals surface area contributed by atoms with Gasteiger partial charge in [0.2, 0.25) is 10.9 Å². The van der Waals surface area contributed by atoms with Crippen molar-refractivity contribution in [3.63, 3.8) is 0 Å². The molecular formula is C16H14N6OS. The van der Waals surface area contributed by atoms with E-state index in [0.717, 1.165) is 27.7 Å². The Hall–Kier alpha value is -3.00. The summed E-state index contributed by atoms with van der Waals surface area (Å²) in [7, 11) is 1.66. The van der Waals surface area contributed by atoms with Gasteiger partial charge in [-0.25, -0.2) is 4.52 Å². The number of nitrogens with one attached hydrogen (secondary N) is 1. The van der Waals surface area contributed by atoms with Crippen molar-refractivity contribution in [1.82, 2.24) is 24.8 Å². The van der Waals surface area contributed by atoms with Crippen LogP contribution in [0.3, 0.4) is 0 Å². The Morgan fingerprint density at radius 3 is 2.88 bits per heavy atom. The first-order valence-electron chi connectivity index (χ1n) is 7.29. The minimum atomic E-state index is 0.490. The average molecular weight is 338 g/mol. The van der Waals surface area contributed by atoms with Crippen molar-refractivity contribution in [3.8, 4) is 17.0 Å². The molecule has 0 radical (unpaired) electrons. The van der Waals surface area contributed by atoms with Gasteiger partial charge >= 0.3 is 0 Å². The predicted octanol–water partition coefficient (Wildman–Crippen LogP) is 3.31. The molecule has 0 aliphatic carbocycles. The Labute approximate surface area is 142 Å². The van der Waals surface area contributed by atoms with Gasteiger partial charge in [-0.2, -0.15) is 10.1 Å². The number of hydrogen-bond acceptors (Lipinski definition) is 7. The molecule has 1 aromatic carbocycles. The molecule has 8 heteroatoms. The Morgan fingerprint density at radius 2 is 2.08 bits per heavy atom. The van der Waals surface area contributed by atoms with Crippen molar-refractivity contribution in [1.29, 1.82) is 0 Å². The van der Waals surface area contributed by atoms with Gasteiger partial charge in [0.15, 0.2) is 5.82 Å². The van der Waals surface area contributed by atoms with Gasteiger partial charge < -0.3 is 10.1 Å². The first kappa shape index (κ1) is 14.6. The second-order valence-electron chi connectivity index (χ2n) is 5.17. The van der Waals surface area contributed by atoms with E-state index >= 15 is 0 Å². The van der Waals surface area contributed by atoms with Crippen LogP contribution in [0, 0.1) is 6.92 Å². The molecule has 0 aliphatic rings. The molecule has 0 aliphatic heterocycles. The van der Waals surface area contributed by atoms with E-state index < -0.39 is 0 Å². The fourth-order valence-electron chi connectivity index (χ4n) is 2.30. The summed E-state index contributed by atoms with van der Waals surface area (Å²) in [6.45, 7) is 1.89. The lowest BCUT2D eigenvalue weighted by Crippen LogP contribution is -1.98. The highest BCUT2D eigenvalue weighted by Gasteiger charge is 2.12. The largest absolute Gasteiger partial charge is 0.497 e. The normalized spacial score (nSPS) is 10.9. The Kier molecular flexibility index (Phi) is 3.58. The smallest absolute Gasteiger partial charge is 0.249 e. The molecule has 0 bridgehead atoms. The molecule has 3 aromatic heterocycles. The third-order valence-electron chi connectivity index (χ3n) is 3.48. The number of aryl methyl sites for hydroxylation is 1. The van der Waals surface area contributed by atoms with E-state index in [-0.39, 0.29) is 0 Å². The van der Waals surface area contributed by atoms with E-state index in [1.165, 1.54) is 11.3 Å². The van der Waals surface area contributed by atoms with Crippen LogP contribution in [0.15, 0.2) is 41.8 Å². The summed E-state index contributed by atoms with van der Waals surface area (Å²) < 4.78 is 7.10. The predicted molar refractivity (Wildman–Crippen MR) is 92.9 cm³/mol. The van der Waals surface area contributed by atoms with E-state index in [2.05, 4.69) is 25.6 Å². The Morgan fingerprint density at radius 1 is 1.17 bits per heavy atom. The number of hydrogen-bond donors (Lipinski definition) is 1. The maximum absolute atomic E-state index is 5.29. The molecule has 4 rings (SSSR count). The molecule has 0 unspecified atom stereocenters. The summed E-state index contributed by atoms with van der Waals surface area (Å²) in [5.74, 6) is 1.91. The van der Waals surface area contributed by atoms with Crippen LogP contribution in [-0.2, 0) is 0 Å². The van der Waals surface area contributed by atoms with Crippen molar-refractivity contribution in [2.24, 2.45) is 0 Å². The van der Waals surface area contributed by atoms with Gasteiger partial charge in [-0.05, 0) is 31.2 Å². The van der Waals surface area contributed by atoms with Crippen LogP contribution in [-0.4, -0.2) is 31.9 Å². The highest BCUT2D eigenvalue weighted by atomic mass is 32.1. The zero-order valence-electron chi connectivity index (χ0n) is 13.1. The van der Waals surface area contributed by atoms with Crippen molar-refractivity contribution in [3.05, 3.63) is 47.5 Å². The maximum atomic E-state index is 5.29. The van der Waals surface area contributed by atoms with Crippen LogP contribution in [0.4, 0.5) is 11.8 Å². The third-order valence-corrected chi connectivity index (χ3v) is 4.30. The van der Waals surface area contributed by atoms with Crippen molar-refractivity contribution in [2.45, 2.75) is 6.92 Å². The first-order valence-corrected chi connectivity index (χ1v) is 8.17. The van der Waals surface area contributed by atoms with E-state index in [4.69, 9.17) is 4.74 Å². The topological polar surface area (TPSA) is 77.2 Å². The van der Waals surface area contributed by atoms with E-state index in [0.29, 0.717) is 11.8 Å². The SMILES string of the molecule is COc1cccc(-c2csc3nc(Nc4ccc(C)nn4)nn23)c1. The summed E-state index contributed by atoms with van der Waals surface area (Å²) in [6, 6.07) is 11.6. The van der Waals surface area contributed by atoms with E-state index in [1.807, 2.05) is 53.2 Å². The lowest BCUT2D eigenvalue weighted by Gasteiger charge is -2.03. The minimum Gasteiger partial charge on any atom is -0.497 e. The molecule has 0 saturated carbocycles. The molecule has 4 aromatic rings. The second-order valence-corrected chi connectivity index (χ2v) is 6.00. The van der Waals surface area contributed by atoms with Crippen LogP contribution in [0.1, 0.15) is 5.69 Å². The summed E-state index contributed by atoms with van der Waals surface area (Å²) >= 11 is 1.53. The third kappa shape index (κ3) is 2.67. The highest BCUT2D eigenvalue weighted by molar-refractivity contribution is 7.15. The fraction of sp³-hybridized carbons (Fsp3) is 0.125. The molecule has 0 saturated heterocycles. The number of nitrogens with zero attached hydrogens (tertiary/aromatic N) is 5. The van der Waals surface area contributed by atoms with Crippen LogP contribution in [0.5, 0.6) is 5.75 Å². The van der Waals surface area contributed by atoms with Gasteiger partial charge in [-0.15, -0.1) is 21.5 Å². The number of benzene rings is 1. The van der Waals surface area contributed by atoms with Gasteiger partial charge in [-0.1, -0.05) is 12.1 Å². The van der Waals surface area contributed by atoms with Gasteiger partial charge in [-0.3, -0.25) is 0 Å². The quantitative estimate of drug-likeness (QED) is 0.615. The van der Waals surface area contributed by atoms with Crippen molar-refractivity contribution >= 4 is 28.1 Å². The van der Waals surface area contributed by atoms with Crippen LogP contribution >= 0.6 is 11.3 Å². The van der Waals surface area contributed by atoms with Gasteiger partial charge in [0.05, 0.1) is 18.5 Å². The zero-order valence-corrected chi connectivity index (χ0v) is 13.9. The lowest BCUT2D eigenvalue weighted by atomic mass is 10.2. The molecule has 0 amide bonds. The number of fused-ring (bicyclic) bond motifs is 1. The van der Waals surface area contributed by atoms with E-state index in [9.17, 15) is 0 Å². The van der Waals surface area contributed by atoms with Gasteiger partial charge in [0.1, 0.15) is 5.75 Å². The fourth-order valence-corrected chi connectivity index (χ4v) is 3.13. The first-order chi connectivity index (χ1) is 11.7. The zero-order chi connectivity index (χ0) is 16.5. The number of thiazole rings is 1. The molecule has 120 valence electrons. The van der Waals surface area contributed by atoms with E-state index in [1.54, 1.807) is 7.11 Å². The molecule has 24 heavy (non-hydrogen) atoms. The number of methoxy groups -OCH3 is 1.